The third kappa shape index (κ3) is 5.94. The molecule has 2 aromatic carbocycles. The Balaban J connectivity index is 2.02. The smallest absolute Gasteiger partial charge is 0.345 e. The highest BCUT2D eigenvalue weighted by Crippen LogP contribution is 2.18. The van der Waals surface area contributed by atoms with E-state index >= 15 is 0 Å². The summed E-state index contributed by atoms with van der Waals surface area (Å²) in [5, 5.41) is 4.34. The van der Waals surface area contributed by atoms with Crippen LogP contribution in [-0.4, -0.2) is 37.3 Å². The quantitative estimate of drug-likeness (QED) is 0.558. The van der Waals surface area contributed by atoms with E-state index in [2.05, 4.69) is 10.6 Å². The Labute approximate surface area is 161 Å². The topological polar surface area (TPSA) is 111 Å². The van der Waals surface area contributed by atoms with Crippen molar-refractivity contribution in [1.29, 1.82) is 0 Å². The number of carbonyl (C=O) groups is 4. The van der Waals surface area contributed by atoms with E-state index in [1.807, 2.05) is 0 Å². The number of amides is 3. The molecule has 0 aromatic heterocycles. The average molecular weight is 384 g/mol. The molecule has 8 heteroatoms. The van der Waals surface area contributed by atoms with Crippen molar-refractivity contribution >= 4 is 23.7 Å². The second kappa shape index (κ2) is 9.86. The van der Waals surface area contributed by atoms with Crippen LogP contribution in [0.25, 0.3) is 0 Å². The van der Waals surface area contributed by atoms with Gasteiger partial charge in [-0.3, -0.25) is 14.9 Å². The average Bonchev–Trinajstić information content (AvgIpc) is 2.71. The molecule has 0 aliphatic rings. The maximum atomic E-state index is 12.3. The molecule has 0 aliphatic heterocycles. The van der Waals surface area contributed by atoms with Crippen LogP contribution in [0.5, 0.6) is 5.75 Å². The SMILES string of the molecule is CNC(=O)NC(=O)[C@H](OC(=O)COc1ccc(C(C)=O)cc1)c1ccccc1. The molecule has 0 unspecified atom stereocenters. The standard InChI is InChI=1S/C20H20N2O6/c1-13(23)14-8-10-16(11-9-14)27-12-17(24)28-18(15-6-4-3-5-7-15)19(25)22-20(26)21-2/h3-11,18H,12H2,1-2H3,(H2,21,22,25,26)/t18-/m1/s1. The van der Waals surface area contributed by atoms with Crippen LogP contribution in [0, 0.1) is 0 Å². The number of Topliss-reactive ketones (excluding diaryl/α,β-unsaturated/α-hetero) is 1. The van der Waals surface area contributed by atoms with Crippen molar-refractivity contribution < 1.29 is 28.7 Å². The second-order valence-corrected chi connectivity index (χ2v) is 5.72. The number of hydrogen-bond acceptors (Lipinski definition) is 6. The number of hydrogen-bond donors (Lipinski definition) is 2. The van der Waals surface area contributed by atoms with Crippen molar-refractivity contribution in [2.45, 2.75) is 13.0 Å². The normalized spacial score (nSPS) is 11.1. The summed E-state index contributed by atoms with van der Waals surface area (Å²) >= 11 is 0. The van der Waals surface area contributed by atoms with E-state index in [0.717, 1.165) is 0 Å². The molecule has 28 heavy (non-hydrogen) atoms. The van der Waals surface area contributed by atoms with Crippen LogP contribution in [0.3, 0.4) is 0 Å². The number of esters is 1. The molecule has 0 fully saturated rings. The summed E-state index contributed by atoms with van der Waals surface area (Å²) in [5.74, 6) is -1.30. The van der Waals surface area contributed by atoms with E-state index in [-0.39, 0.29) is 5.78 Å². The predicted octanol–water partition coefficient (Wildman–Crippen LogP) is 2.01. The zero-order valence-corrected chi connectivity index (χ0v) is 15.4. The second-order valence-electron chi connectivity index (χ2n) is 5.72. The molecule has 0 spiro atoms. The van der Waals surface area contributed by atoms with Crippen LogP contribution in [0.15, 0.2) is 54.6 Å². The number of rotatable bonds is 7. The van der Waals surface area contributed by atoms with E-state index < -0.39 is 30.6 Å². The highest BCUT2D eigenvalue weighted by Gasteiger charge is 2.26. The van der Waals surface area contributed by atoms with Gasteiger partial charge in [0.25, 0.3) is 5.91 Å². The third-order valence-corrected chi connectivity index (χ3v) is 3.67. The van der Waals surface area contributed by atoms with Crippen LogP contribution in [0.4, 0.5) is 4.79 Å². The zero-order valence-electron chi connectivity index (χ0n) is 15.4. The first kappa shape index (κ1) is 20.6. The van der Waals surface area contributed by atoms with Crippen molar-refractivity contribution in [2.75, 3.05) is 13.7 Å². The summed E-state index contributed by atoms with van der Waals surface area (Å²) in [4.78, 5) is 47.1. The Kier molecular flexibility index (Phi) is 7.27. The Morgan fingerprint density at radius 3 is 2.18 bits per heavy atom. The van der Waals surface area contributed by atoms with Gasteiger partial charge in [0.2, 0.25) is 6.10 Å². The van der Waals surface area contributed by atoms with Crippen LogP contribution in [0.1, 0.15) is 28.9 Å². The fraction of sp³-hybridized carbons (Fsp3) is 0.200. The van der Waals surface area contributed by atoms with Crippen LogP contribution >= 0.6 is 0 Å². The summed E-state index contributed by atoms with van der Waals surface area (Å²) in [7, 11) is 1.36. The van der Waals surface area contributed by atoms with Gasteiger partial charge in [0.1, 0.15) is 5.75 Å². The molecule has 2 rings (SSSR count). The van der Waals surface area contributed by atoms with Gasteiger partial charge in [-0.25, -0.2) is 9.59 Å². The first-order chi connectivity index (χ1) is 13.4. The third-order valence-electron chi connectivity index (χ3n) is 3.67. The minimum atomic E-state index is -1.31. The van der Waals surface area contributed by atoms with Crippen LogP contribution in [-0.2, 0) is 14.3 Å². The Bertz CT molecular complexity index is 849. The molecule has 2 aromatic rings. The molecule has 0 radical (unpaired) electrons. The van der Waals surface area contributed by atoms with Crippen molar-refractivity contribution in [3.05, 3.63) is 65.7 Å². The largest absolute Gasteiger partial charge is 0.482 e. The lowest BCUT2D eigenvalue weighted by molar-refractivity contribution is -0.158. The number of carbonyl (C=O) groups excluding carboxylic acids is 4. The molecule has 146 valence electrons. The summed E-state index contributed by atoms with van der Waals surface area (Å²) < 4.78 is 10.5. The van der Waals surface area contributed by atoms with Crippen LogP contribution < -0.4 is 15.4 Å². The lowest BCUT2D eigenvalue weighted by Gasteiger charge is -2.17. The first-order valence-corrected chi connectivity index (χ1v) is 8.41. The van der Waals surface area contributed by atoms with Gasteiger partial charge in [-0.05, 0) is 31.2 Å². The van der Waals surface area contributed by atoms with Crippen molar-refractivity contribution in [2.24, 2.45) is 0 Å². The lowest BCUT2D eigenvalue weighted by Crippen LogP contribution is -2.41. The van der Waals surface area contributed by atoms with Crippen molar-refractivity contribution in [1.82, 2.24) is 10.6 Å². The summed E-state index contributed by atoms with van der Waals surface area (Å²) in [6.07, 6.45) is -1.31. The zero-order chi connectivity index (χ0) is 20.5. The summed E-state index contributed by atoms with van der Waals surface area (Å²) in [6, 6.07) is 13.8. The van der Waals surface area contributed by atoms with Gasteiger partial charge in [-0.1, -0.05) is 30.3 Å². The van der Waals surface area contributed by atoms with E-state index in [4.69, 9.17) is 9.47 Å². The number of benzene rings is 2. The number of urea groups is 1. The molecule has 8 nitrogen and oxygen atoms in total. The predicted molar refractivity (Wildman–Crippen MR) is 99.8 cm³/mol. The molecule has 0 heterocycles. The van der Waals surface area contributed by atoms with Crippen molar-refractivity contribution in [3.8, 4) is 5.75 Å². The fourth-order valence-corrected chi connectivity index (χ4v) is 2.23. The van der Waals surface area contributed by atoms with Crippen LogP contribution in [0.2, 0.25) is 0 Å². The number of nitrogens with one attached hydrogen (secondary N) is 2. The highest BCUT2D eigenvalue weighted by atomic mass is 16.6. The molecule has 0 saturated carbocycles. The van der Waals surface area contributed by atoms with E-state index in [0.29, 0.717) is 16.9 Å². The minimum absolute atomic E-state index is 0.0845. The van der Waals surface area contributed by atoms with E-state index in [9.17, 15) is 19.2 Å². The minimum Gasteiger partial charge on any atom is -0.482 e. The maximum Gasteiger partial charge on any atom is 0.345 e. The molecule has 1 atom stereocenters. The fourth-order valence-electron chi connectivity index (χ4n) is 2.23. The van der Waals surface area contributed by atoms with Gasteiger partial charge >= 0.3 is 12.0 Å². The Hall–Kier alpha value is -3.68. The molecule has 0 aliphatic carbocycles. The summed E-state index contributed by atoms with van der Waals surface area (Å²) in [5.41, 5.74) is 0.924. The van der Waals surface area contributed by atoms with Gasteiger partial charge in [0.15, 0.2) is 12.4 Å². The summed E-state index contributed by atoms with van der Waals surface area (Å²) in [6.45, 7) is 0.997. The molecular formula is C20H20N2O6. The Morgan fingerprint density at radius 1 is 0.964 bits per heavy atom. The van der Waals surface area contributed by atoms with Gasteiger partial charge in [0.05, 0.1) is 0 Å². The van der Waals surface area contributed by atoms with Crippen molar-refractivity contribution in [3.63, 3.8) is 0 Å². The molecular weight excluding hydrogens is 364 g/mol. The number of ketones is 1. The Morgan fingerprint density at radius 2 is 1.61 bits per heavy atom. The molecule has 0 saturated heterocycles. The molecule has 2 N–H and O–H groups in total. The number of ether oxygens (including phenoxy) is 2. The lowest BCUT2D eigenvalue weighted by atomic mass is 10.1. The van der Waals surface area contributed by atoms with Gasteiger partial charge in [-0.2, -0.15) is 0 Å². The maximum absolute atomic E-state index is 12.3. The van der Waals surface area contributed by atoms with Gasteiger partial charge < -0.3 is 14.8 Å². The number of imide groups is 1. The van der Waals surface area contributed by atoms with Gasteiger partial charge in [-0.15, -0.1) is 0 Å². The van der Waals surface area contributed by atoms with Gasteiger partial charge in [0, 0.05) is 18.2 Å². The first-order valence-electron chi connectivity index (χ1n) is 8.41. The highest BCUT2D eigenvalue weighted by molar-refractivity contribution is 5.97. The van der Waals surface area contributed by atoms with E-state index in [1.54, 1.807) is 54.6 Å². The monoisotopic (exact) mass is 384 g/mol. The molecule has 0 bridgehead atoms. The molecule has 3 amide bonds. The van der Waals surface area contributed by atoms with E-state index in [1.165, 1.54) is 14.0 Å².